The highest BCUT2D eigenvalue weighted by atomic mass is 16.3. The number of aryl methyl sites for hydroxylation is 2. The third-order valence-electron chi connectivity index (χ3n) is 5.13. The van der Waals surface area contributed by atoms with Crippen LogP contribution in [-0.2, 0) is 4.79 Å². The number of carbonyl (C=O) groups excluding carboxylic acids is 1. The molecular formula is C18H25NO2. The standard InChI is InChI=1S/C18H25NO2/c1-12-8-9-13(2)15(11-12)16-6-4-10-19(16)18(21)14-5-3-7-17(14)20/h8-9,11,14,16-17,20H,3-7,10H2,1-2H3. The number of aliphatic hydroxyl groups is 1. The summed E-state index contributed by atoms with van der Waals surface area (Å²) in [5.41, 5.74) is 3.79. The third kappa shape index (κ3) is 2.71. The van der Waals surface area contributed by atoms with E-state index in [0.29, 0.717) is 0 Å². The second kappa shape index (κ2) is 5.80. The van der Waals surface area contributed by atoms with Gasteiger partial charge in [0, 0.05) is 6.54 Å². The molecule has 1 heterocycles. The van der Waals surface area contributed by atoms with Crippen molar-refractivity contribution in [1.82, 2.24) is 4.90 Å². The zero-order valence-corrected chi connectivity index (χ0v) is 13.0. The van der Waals surface area contributed by atoms with E-state index in [4.69, 9.17) is 0 Å². The molecule has 3 nitrogen and oxygen atoms in total. The van der Waals surface area contributed by atoms with Crippen LogP contribution in [0.4, 0.5) is 0 Å². The van der Waals surface area contributed by atoms with Gasteiger partial charge in [0.05, 0.1) is 18.1 Å². The van der Waals surface area contributed by atoms with Crippen molar-refractivity contribution in [1.29, 1.82) is 0 Å². The fourth-order valence-corrected chi connectivity index (χ4v) is 3.91. The smallest absolute Gasteiger partial charge is 0.228 e. The van der Waals surface area contributed by atoms with Gasteiger partial charge in [-0.05, 0) is 57.1 Å². The van der Waals surface area contributed by atoms with E-state index in [1.165, 1.54) is 16.7 Å². The van der Waals surface area contributed by atoms with Crippen molar-refractivity contribution in [2.75, 3.05) is 6.54 Å². The lowest BCUT2D eigenvalue weighted by Crippen LogP contribution is -2.38. The maximum atomic E-state index is 12.8. The molecule has 1 N–H and O–H groups in total. The summed E-state index contributed by atoms with van der Waals surface area (Å²) in [5, 5.41) is 10.0. The van der Waals surface area contributed by atoms with Gasteiger partial charge in [0.2, 0.25) is 5.91 Å². The molecule has 1 amide bonds. The second-order valence-corrected chi connectivity index (χ2v) is 6.65. The molecule has 3 rings (SSSR count). The van der Waals surface area contributed by atoms with Crippen molar-refractivity contribution < 1.29 is 9.90 Å². The largest absolute Gasteiger partial charge is 0.392 e. The van der Waals surface area contributed by atoms with Gasteiger partial charge < -0.3 is 10.0 Å². The molecule has 1 aromatic rings. The summed E-state index contributed by atoms with van der Waals surface area (Å²) < 4.78 is 0. The van der Waals surface area contributed by atoms with E-state index < -0.39 is 6.10 Å². The highest BCUT2D eigenvalue weighted by Gasteiger charge is 2.39. The van der Waals surface area contributed by atoms with Gasteiger partial charge in [0.1, 0.15) is 0 Å². The Morgan fingerprint density at radius 3 is 2.71 bits per heavy atom. The number of carbonyl (C=O) groups is 1. The monoisotopic (exact) mass is 287 g/mol. The van der Waals surface area contributed by atoms with Crippen LogP contribution in [0.2, 0.25) is 0 Å². The first-order chi connectivity index (χ1) is 10.1. The van der Waals surface area contributed by atoms with E-state index in [1.54, 1.807) is 0 Å². The fourth-order valence-electron chi connectivity index (χ4n) is 3.91. The van der Waals surface area contributed by atoms with Gasteiger partial charge in [0.25, 0.3) is 0 Å². The van der Waals surface area contributed by atoms with E-state index in [-0.39, 0.29) is 17.9 Å². The van der Waals surface area contributed by atoms with Gasteiger partial charge in [-0.15, -0.1) is 0 Å². The molecule has 0 bridgehead atoms. The predicted molar refractivity (Wildman–Crippen MR) is 83.0 cm³/mol. The fraction of sp³-hybridized carbons (Fsp3) is 0.611. The Labute approximate surface area is 127 Å². The summed E-state index contributed by atoms with van der Waals surface area (Å²) in [4.78, 5) is 14.8. The summed E-state index contributed by atoms with van der Waals surface area (Å²) in [6, 6.07) is 6.69. The molecule has 1 saturated carbocycles. The number of likely N-dealkylation sites (tertiary alicyclic amines) is 1. The van der Waals surface area contributed by atoms with E-state index in [9.17, 15) is 9.90 Å². The van der Waals surface area contributed by atoms with Crippen LogP contribution in [0, 0.1) is 19.8 Å². The van der Waals surface area contributed by atoms with E-state index in [0.717, 1.165) is 38.6 Å². The van der Waals surface area contributed by atoms with Crippen LogP contribution >= 0.6 is 0 Å². The van der Waals surface area contributed by atoms with Crippen LogP contribution in [0.25, 0.3) is 0 Å². The molecule has 3 atom stereocenters. The molecular weight excluding hydrogens is 262 g/mol. The minimum atomic E-state index is -0.433. The Balaban J connectivity index is 1.85. The summed E-state index contributed by atoms with van der Waals surface area (Å²) >= 11 is 0. The van der Waals surface area contributed by atoms with Gasteiger partial charge in [0.15, 0.2) is 0 Å². The van der Waals surface area contributed by atoms with Crippen molar-refractivity contribution in [2.24, 2.45) is 5.92 Å². The van der Waals surface area contributed by atoms with Crippen molar-refractivity contribution >= 4 is 5.91 Å². The maximum Gasteiger partial charge on any atom is 0.228 e. The Morgan fingerprint density at radius 2 is 2.00 bits per heavy atom. The molecule has 0 spiro atoms. The highest BCUT2D eigenvalue weighted by molar-refractivity contribution is 5.80. The highest BCUT2D eigenvalue weighted by Crippen LogP contribution is 2.37. The van der Waals surface area contributed by atoms with Crippen LogP contribution in [0.1, 0.15) is 54.8 Å². The predicted octanol–water partition coefficient (Wildman–Crippen LogP) is 3.13. The molecule has 0 radical (unpaired) electrons. The molecule has 1 saturated heterocycles. The number of hydrogen-bond donors (Lipinski definition) is 1. The minimum absolute atomic E-state index is 0.170. The molecule has 3 unspecified atom stereocenters. The van der Waals surface area contributed by atoms with Gasteiger partial charge in [-0.2, -0.15) is 0 Å². The Kier molecular flexibility index (Phi) is 4.03. The molecule has 21 heavy (non-hydrogen) atoms. The van der Waals surface area contributed by atoms with E-state index in [2.05, 4.69) is 32.0 Å². The van der Waals surface area contributed by atoms with Crippen molar-refractivity contribution in [2.45, 2.75) is 58.1 Å². The third-order valence-corrected chi connectivity index (χ3v) is 5.13. The quantitative estimate of drug-likeness (QED) is 0.908. The van der Waals surface area contributed by atoms with Gasteiger partial charge in [-0.1, -0.05) is 23.8 Å². The minimum Gasteiger partial charge on any atom is -0.392 e. The number of rotatable bonds is 2. The molecule has 1 aliphatic carbocycles. The van der Waals surface area contributed by atoms with Crippen molar-refractivity contribution in [3.8, 4) is 0 Å². The number of benzene rings is 1. The summed E-state index contributed by atoms with van der Waals surface area (Å²) in [7, 11) is 0. The molecule has 114 valence electrons. The normalized spacial score (nSPS) is 29.1. The van der Waals surface area contributed by atoms with Crippen LogP contribution in [0.15, 0.2) is 18.2 Å². The first-order valence-electron chi connectivity index (χ1n) is 8.13. The van der Waals surface area contributed by atoms with Crippen molar-refractivity contribution in [3.63, 3.8) is 0 Å². The number of aliphatic hydroxyl groups excluding tert-OH is 1. The first-order valence-corrected chi connectivity index (χ1v) is 8.13. The number of hydrogen-bond acceptors (Lipinski definition) is 2. The average molecular weight is 287 g/mol. The van der Waals surface area contributed by atoms with Crippen LogP contribution in [-0.4, -0.2) is 28.6 Å². The first kappa shape index (κ1) is 14.6. The van der Waals surface area contributed by atoms with Gasteiger partial charge >= 0.3 is 0 Å². The van der Waals surface area contributed by atoms with Gasteiger partial charge in [-0.25, -0.2) is 0 Å². The zero-order chi connectivity index (χ0) is 15.0. The van der Waals surface area contributed by atoms with Gasteiger partial charge in [-0.3, -0.25) is 4.79 Å². The zero-order valence-electron chi connectivity index (χ0n) is 13.0. The second-order valence-electron chi connectivity index (χ2n) is 6.65. The van der Waals surface area contributed by atoms with Crippen LogP contribution < -0.4 is 0 Å². The Morgan fingerprint density at radius 1 is 1.19 bits per heavy atom. The summed E-state index contributed by atoms with van der Waals surface area (Å²) in [6.07, 6.45) is 4.26. The molecule has 1 aromatic carbocycles. The molecule has 2 aliphatic rings. The summed E-state index contributed by atoms with van der Waals surface area (Å²) in [6.45, 7) is 5.06. The molecule has 3 heteroatoms. The molecule has 1 aliphatic heterocycles. The average Bonchev–Trinajstić information content (AvgIpc) is 3.09. The molecule has 0 aromatic heterocycles. The number of nitrogens with zero attached hydrogens (tertiary/aromatic N) is 1. The lowest BCUT2D eigenvalue weighted by molar-refractivity contribution is -0.139. The maximum absolute atomic E-state index is 12.8. The molecule has 2 fully saturated rings. The topological polar surface area (TPSA) is 40.5 Å². The van der Waals surface area contributed by atoms with Crippen LogP contribution in [0.5, 0.6) is 0 Å². The lowest BCUT2D eigenvalue weighted by atomic mass is 9.96. The van der Waals surface area contributed by atoms with E-state index >= 15 is 0 Å². The lowest BCUT2D eigenvalue weighted by Gasteiger charge is -2.30. The van der Waals surface area contributed by atoms with Crippen molar-refractivity contribution in [3.05, 3.63) is 34.9 Å². The van der Waals surface area contributed by atoms with E-state index in [1.807, 2.05) is 4.90 Å². The SMILES string of the molecule is Cc1ccc(C)c(C2CCCN2C(=O)C2CCCC2O)c1. The number of amides is 1. The Bertz CT molecular complexity index is 540. The summed E-state index contributed by atoms with van der Waals surface area (Å²) in [5.74, 6) is -0.000813. The Hall–Kier alpha value is -1.35. The van der Waals surface area contributed by atoms with Crippen LogP contribution in [0.3, 0.4) is 0 Å².